The van der Waals surface area contributed by atoms with Crippen LogP contribution in [0.2, 0.25) is 0 Å². The van der Waals surface area contributed by atoms with Crippen molar-refractivity contribution in [2.45, 2.75) is 77.2 Å². The minimum atomic E-state index is -0.758. The fraction of sp³-hybridized carbons (Fsp3) is 0.714. The number of aryl methyl sites for hydroxylation is 1. The highest BCUT2D eigenvalue weighted by atomic mass is 19.1. The average Bonchev–Trinajstić information content (AvgIpc) is 2.54. The van der Waals surface area contributed by atoms with Crippen LogP contribution in [0.4, 0.5) is 4.39 Å². The van der Waals surface area contributed by atoms with E-state index in [1.165, 1.54) is 12.8 Å². The number of fused-ring (bicyclic) bond motifs is 3. The third-order valence-corrected chi connectivity index (χ3v) is 6.13. The molecule has 2 aliphatic rings. The van der Waals surface area contributed by atoms with Gasteiger partial charge in [0.05, 0.1) is 0 Å². The highest BCUT2D eigenvalue weighted by molar-refractivity contribution is 5.52. The van der Waals surface area contributed by atoms with Crippen molar-refractivity contribution in [1.82, 2.24) is 0 Å². The number of alkyl halides is 1. The second-order valence-electron chi connectivity index (χ2n) is 8.16. The first kappa shape index (κ1) is 17.6. The van der Waals surface area contributed by atoms with Gasteiger partial charge in [-0.05, 0) is 62.1 Å². The van der Waals surface area contributed by atoms with Crippen LogP contribution in [0.1, 0.15) is 76.3 Å². The largest absolute Gasteiger partial charge is 0.508 e. The number of ether oxygens (including phenoxy) is 1. The molecule has 0 radical (unpaired) electrons. The van der Waals surface area contributed by atoms with Gasteiger partial charge in [0, 0.05) is 11.5 Å². The molecule has 4 atom stereocenters. The fourth-order valence-corrected chi connectivity index (χ4v) is 4.73. The number of benzene rings is 1. The van der Waals surface area contributed by atoms with Gasteiger partial charge in [0.1, 0.15) is 23.8 Å². The second-order valence-corrected chi connectivity index (χ2v) is 8.16. The number of hydrogen-bond acceptors (Lipinski definition) is 2. The van der Waals surface area contributed by atoms with Crippen molar-refractivity contribution in [3.63, 3.8) is 0 Å². The molecule has 1 N–H and O–H groups in total. The summed E-state index contributed by atoms with van der Waals surface area (Å²) in [4.78, 5) is 0. The molecule has 3 rings (SSSR count). The Balaban J connectivity index is 1.96. The zero-order chi connectivity index (χ0) is 17.3. The molecular formula is C21H31FO2. The minimum Gasteiger partial charge on any atom is -0.508 e. The van der Waals surface area contributed by atoms with Crippen LogP contribution in [-0.2, 0) is 6.42 Å². The van der Waals surface area contributed by atoms with E-state index in [2.05, 4.69) is 13.8 Å². The number of phenolic OH excluding ortho intramolecular Hbond substituents is 1. The van der Waals surface area contributed by atoms with Crippen LogP contribution in [0.5, 0.6) is 11.5 Å². The van der Waals surface area contributed by atoms with E-state index in [4.69, 9.17) is 4.74 Å². The van der Waals surface area contributed by atoms with Crippen LogP contribution in [0.3, 0.4) is 0 Å². The second kappa shape index (κ2) is 6.93. The van der Waals surface area contributed by atoms with Gasteiger partial charge in [-0.25, -0.2) is 4.39 Å². The van der Waals surface area contributed by atoms with Crippen molar-refractivity contribution in [2.24, 2.45) is 11.8 Å². The van der Waals surface area contributed by atoms with Gasteiger partial charge in [0.2, 0.25) is 0 Å². The van der Waals surface area contributed by atoms with E-state index >= 15 is 0 Å². The smallest absolute Gasteiger partial charge is 0.138 e. The van der Waals surface area contributed by atoms with Crippen molar-refractivity contribution in [3.8, 4) is 11.5 Å². The van der Waals surface area contributed by atoms with Gasteiger partial charge in [-0.1, -0.05) is 33.1 Å². The molecule has 1 aromatic rings. The summed E-state index contributed by atoms with van der Waals surface area (Å²) < 4.78 is 20.1. The van der Waals surface area contributed by atoms with E-state index in [1.54, 1.807) is 0 Å². The highest BCUT2D eigenvalue weighted by Crippen LogP contribution is 2.55. The standard InChI is InChI=1S/C21H31FO2/c1-4-5-6-7-15-11-18(23)20-16-10-14(2)8-9-17(16)21(3,13-22)24-19(20)12-15/h11-12,14,16-17,23H,4-10,13H2,1-3H3/t14-,16+,17+,21?/m0/s1. The van der Waals surface area contributed by atoms with Crippen LogP contribution in [-0.4, -0.2) is 17.4 Å². The van der Waals surface area contributed by atoms with Crippen molar-refractivity contribution >= 4 is 0 Å². The maximum absolute atomic E-state index is 13.9. The van der Waals surface area contributed by atoms with Gasteiger partial charge < -0.3 is 9.84 Å². The molecule has 24 heavy (non-hydrogen) atoms. The maximum atomic E-state index is 13.9. The van der Waals surface area contributed by atoms with Gasteiger partial charge in [-0.3, -0.25) is 0 Å². The molecule has 1 aliphatic carbocycles. The quantitative estimate of drug-likeness (QED) is 0.693. The molecule has 1 fully saturated rings. The number of halogens is 1. The number of hydrogen-bond donors (Lipinski definition) is 1. The number of phenols is 1. The molecule has 0 spiro atoms. The maximum Gasteiger partial charge on any atom is 0.138 e. The third kappa shape index (κ3) is 3.14. The van der Waals surface area contributed by atoms with Crippen LogP contribution < -0.4 is 4.74 Å². The molecule has 0 bridgehead atoms. The molecule has 1 heterocycles. The molecule has 1 aromatic carbocycles. The van der Waals surface area contributed by atoms with Gasteiger partial charge in [-0.15, -0.1) is 0 Å². The highest BCUT2D eigenvalue weighted by Gasteiger charge is 2.49. The van der Waals surface area contributed by atoms with E-state index in [0.717, 1.165) is 49.0 Å². The van der Waals surface area contributed by atoms with Crippen molar-refractivity contribution in [3.05, 3.63) is 23.3 Å². The lowest BCUT2D eigenvalue weighted by atomic mass is 9.64. The first-order valence-corrected chi connectivity index (χ1v) is 9.59. The molecule has 134 valence electrons. The van der Waals surface area contributed by atoms with Crippen molar-refractivity contribution in [2.75, 3.05) is 6.67 Å². The predicted octanol–water partition coefficient (Wildman–Crippen LogP) is 5.77. The van der Waals surface area contributed by atoms with E-state index < -0.39 is 12.3 Å². The lowest BCUT2D eigenvalue weighted by molar-refractivity contribution is -0.0449. The number of unbranched alkanes of at least 4 members (excludes halogenated alkanes) is 2. The van der Waals surface area contributed by atoms with Crippen LogP contribution >= 0.6 is 0 Å². The summed E-state index contributed by atoms with van der Waals surface area (Å²) in [5, 5.41) is 10.7. The minimum absolute atomic E-state index is 0.156. The van der Waals surface area contributed by atoms with E-state index in [9.17, 15) is 9.50 Å². The van der Waals surface area contributed by atoms with Gasteiger partial charge >= 0.3 is 0 Å². The van der Waals surface area contributed by atoms with E-state index in [0.29, 0.717) is 11.7 Å². The van der Waals surface area contributed by atoms with Gasteiger partial charge in [0.15, 0.2) is 0 Å². The SMILES string of the molecule is CCCCCc1cc(O)c2c(c1)OC(C)(CF)[C@@H]1CC[C@H](C)C[C@@H]21. The van der Waals surface area contributed by atoms with E-state index in [1.807, 2.05) is 19.1 Å². The zero-order valence-corrected chi connectivity index (χ0v) is 15.3. The molecule has 0 amide bonds. The van der Waals surface area contributed by atoms with Gasteiger partial charge in [0.25, 0.3) is 0 Å². The molecule has 2 nitrogen and oxygen atoms in total. The Kier molecular flexibility index (Phi) is 5.08. The monoisotopic (exact) mass is 334 g/mol. The summed E-state index contributed by atoms with van der Waals surface area (Å²) in [5.41, 5.74) is 1.27. The third-order valence-electron chi connectivity index (χ3n) is 6.13. The Morgan fingerprint density at radius 1 is 1.29 bits per heavy atom. The predicted molar refractivity (Wildman–Crippen MR) is 95.6 cm³/mol. The molecule has 3 heteroatoms. The van der Waals surface area contributed by atoms with Crippen molar-refractivity contribution in [1.29, 1.82) is 0 Å². The Hall–Kier alpha value is -1.25. The summed E-state index contributed by atoms with van der Waals surface area (Å²) in [6.45, 7) is 5.88. The number of aromatic hydroxyl groups is 1. The lowest BCUT2D eigenvalue weighted by Gasteiger charge is -2.49. The molecule has 1 aliphatic heterocycles. The molecular weight excluding hydrogens is 303 g/mol. The van der Waals surface area contributed by atoms with Gasteiger partial charge in [-0.2, -0.15) is 0 Å². The van der Waals surface area contributed by atoms with Crippen molar-refractivity contribution < 1.29 is 14.2 Å². The summed E-state index contributed by atoms with van der Waals surface area (Å²) in [7, 11) is 0. The molecule has 1 unspecified atom stereocenters. The summed E-state index contributed by atoms with van der Waals surface area (Å²) >= 11 is 0. The molecule has 0 aromatic heterocycles. The fourth-order valence-electron chi connectivity index (χ4n) is 4.73. The average molecular weight is 334 g/mol. The Labute approximate surface area is 145 Å². The molecule has 1 saturated carbocycles. The topological polar surface area (TPSA) is 29.5 Å². The van der Waals surface area contributed by atoms with Crippen LogP contribution in [0.25, 0.3) is 0 Å². The first-order valence-electron chi connectivity index (χ1n) is 9.59. The summed E-state index contributed by atoms with van der Waals surface area (Å²) in [5.74, 6) is 2.05. The normalized spacial score (nSPS) is 31.9. The van der Waals surface area contributed by atoms with Crippen LogP contribution in [0, 0.1) is 11.8 Å². The Morgan fingerprint density at radius 2 is 2.08 bits per heavy atom. The zero-order valence-electron chi connectivity index (χ0n) is 15.3. The van der Waals surface area contributed by atoms with Crippen LogP contribution in [0.15, 0.2) is 12.1 Å². The Bertz CT molecular complexity index is 585. The lowest BCUT2D eigenvalue weighted by Crippen LogP contribution is -2.50. The first-order chi connectivity index (χ1) is 11.5. The molecule has 0 saturated heterocycles. The summed E-state index contributed by atoms with van der Waals surface area (Å²) in [6.07, 6.45) is 7.51. The van der Waals surface area contributed by atoms with E-state index in [-0.39, 0.29) is 11.8 Å². The number of rotatable bonds is 5. The Morgan fingerprint density at radius 3 is 2.79 bits per heavy atom. The summed E-state index contributed by atoms with van der Waals surface area (Å²) in [6, 6.07) is 3.96.